The fourth-order valence-corrected chi connectivity index (χ4v) is 3.93. The first kappa shape index (κ1) is 28.9. The van der Waals surface area contributed by atoms with Gasteiger partial charge < -0.3 is 20.8 Å². The number of carboxylic acid groups (broad SMARTS) is 2. The molecule has 0 radical (unpaired) electrons. The van der Waals surface area contributed by atoms with Crippen molar-refractivity contribution in [1.82, 2.24) is 10.6 Å². The third-order valence-corrected chi connectivity index (χ3v) is 6.23. The van der Waals surface area contributed by atoms with E-state index < -0.39 is 34.9 Å². The number of carboxylic acids is 2. The van der Waals surface area contributed by atoms with Gasteiger partial charge >= 0.3 is 11.9 Å². The fourth-order valence-electron chi connectivity index (χ4n) is 3.93. The zero-order chi connectivity index (χ0) is 23.2. The van der Waals surface area contributed by atoms with Crippen LogP contribution in [0, 0.1) is 10.8 Å². The molecule has 0 rings (SSSR count). The van der Waals surface area contributed by atoms with Crippen LogP contribution in [0.1, 0.15) is 106 Å². The monoisotopic (exact) mass is 428 g/mol. The van der Waals surface area contributed by atoms with Gasteiger partial charge in [0.2, 0.25) is 0 Å². The normalized spacial score (nSPS) is 14.5. The van der Waals surface area contributed by atoms with Gasteiger partial charge in [-0.25, -0.2) is 0 Å². The minimum Gasteiger partial charge on any atom is -0.480 e. The van der Waals surface area contributed by atoms with E-state index in [9.17, 15) is 19.8 Å². The van der Waals surface area contributed by atoms with E-state index in [2.05, 4.69) is 24.5 Å². The van der Waals surface area contributed by atoms with Crippen LogP contribution in [0.4, 0.5) is 0 Å². The molecule has 0 saturated heterocycles. The van der Waals surface area contributed by atoms with Gasteiger partial charge in [0, 0.05) is 0 Å². The minimum absolute atomic E-state index is 0.474. The average Bonchev–Trinajstić information content (AvgIpc) is 2.65. The van der Waals surface area contributed by atoms with E-state index in [0.717, 1.165) is 38.5 Å². The molecule has 0 aliphatic rings. The van der Waals surface area contributed by atoms with Gasteiger partial charge in [-0.2, -0.15) is 0 Å². The van der Waals surface area contributed by atoms with Crippen molar-refractivity contribution in [2.24, 2.45) is 10.8 Å². The Kier molecular flexibility index (Phi) is 14.2. The molecule has 30 heavy (non-hydrogen) atoms. The summed E-state index contributed by atoms with van der Waals surface area (Å²) in [5.41, 5.74) is -0.948. The second kappa shape index (κ2) is 14.8. The van der Waals surface area contributed by atoms with E-state index >= 15 is 0 Å². The zero-order valence-corrected chi connectivity index (χ0v) is 20.4. The summed E-state index contributed by atoms with van der Waals surface area (Å²) in [6.07, 6.45) is 10.1. The first-order valence-electron chi connectivity index (χ1n) is 11.9. The second-order valence-corrected chi connectivity index (χ2v) is 10.0. The lowest BCUT2D eigenvalue weighted by Crippen LogP contribution is -2.51. The highest BCUT2D eigenvalue weighted by atomic mass is 16.4. The van der Waals surface area contributed by atoms with Crippen LogP contribution >= 0.6 is 0 Å². The Labute approximate surface area is 184 Å². The SMILES string of the molecule is CCCCCCNC(C(=O)O)C(C)(C)CCC(C)(C)C(NCCCCCC)C(=O)O. The first-order chi connectivity index (χ1) is 14.0. The van der Waals surface area contributed by atoms with Crippen molar-refractivity contribution < 1.29 is 19.8 Å². The van der Waals surface area contributed by atoms with Crippen molar-refractivity contribution in [3.63, 3.8) is 0 Å². The predicted molar refractivity (Wildman–Crippen MR) is 124 cm³/mol. The summed E-state index contributed by atoms with van der Waals surface area (Å²) in [5.74, 6) is -1.67. The van der Waals surface area contributed by atoms with E-state index in [-0.39, 0.29) is 0 Å². The van der Waals surface area contributed by atoms with Crippen LogP contribution in [0.3, 0.4) is 0 Å². The Hall–Kier alpha value is -1.14. The highest BCUT2D eigenvalue weighted by Gasteiger charge is 2.40. The molecule has 6 nitrogen and oxygen atoms in total. The Morgan fingerprint density at radius 3 is 1.27 bits per heavy atom. The van der Waals surface area contributed by atoms with Gasteiger partial charge in [-0.3, -0.25) is 9.59 Å². The highest BCUT2D eigenvalue weighted by molar-refractivity contribution is 5.75. The largest absolute Gasteiger partial charge is 0.480 e. The van der Waals surface area contributed by atoms with E-state index in [1.54, 1.807) is 0 Å². The first-order valence-corrected chi connectivity index (χ1v) is 11.9. The zero-order valence-electron chi connectivity index (χ0n) is 20.4. The maximum atomic E-state index is 11.9. The van der Waals surface area contributed by atoms with Gasteiger partial charge in [-0.1, -0.05) is 80.1 Å². The lowest BCUT2D eigenvalue weighted by Gasteiger charge is -2.38. The summed E-state index contributed by atoms with van der Waals surface area (Å²) < 4.78 is 0. The quantitative estimate of drug-likeness (QED) is 0.215. The molecule has 0 aromatic rings. The summed E-state index contributed by atoms with van der Waals surface area (Å²) in [6, 6.07) is -1.28. The van der Waals surface area contributed by atoms with Crippen LogP contribution in [-0.2, 0) is 9.59 Å². The molecule has 0 spiro atoms. The van der Waals surface area contributed by atoms with Crippen molar-refractivity contribution in [2.45, 2.75) is 118 Å². The molecule has 0 amide bonds. The third-order valence-electron chi connectivity index (χ3n) is 6.23. The van der Waals surface area contributed by atoms with Gasteiger partial charge in [0.15, 0.2) is 0 Å². The minimum atomic E-state index is -0.836. The van der Waals surface area contributed by atoms with Gasteiger partial charge in [0.05, 0.1) is 0 Å². The molecule has 0 fully saturated rings. The van der Waals surface area contributed by atoms with E-state index in [4.69, 9.17) is 0 Å². The Morgan fingerprint density at radius 2 is 1.00 bits per heavy atom. The van der Waals surface area contributed by atoms with Crippen molar-refractivity contribution in [3.05, 3.63) is 0 Å². The number of aliphatic carboxylic acids is 2. The van der Waals surface area contributed by atoms with Crippen molar-refractivity contribution in [3.8, 4) is 0 Å². The summed E-state index contributed by atoms with van der Waals surface area (Å²) in [7, 11) is 0. The molecule has 4 N–H and O–H groups in total. The fraction of sp³-hybridized carbons (Fsp3) is 0.917. The topological polar surface area (TPSA) is 98.7 Å². The molecule has 2 unspecified atom stereocenters. The molecule has 0 aliphatic heterocycles. The average molecular weight is 429 g/mol. The number of unbranched alkanes of at least 4 members (excludes halogenated alkanes) is 6. The van der Waals surface area contributed by atoms with Crippen LogP contribution in [0.5, 0.6) is 0 Å². The number of hydrogen-bond acceptors (Lipinski definition) is 4. The lowest BCUT2D eigenvalue weighted by molar-refractivity contribution is -0.145. The molecule has 178 valence electrons. The van der Waals surface area contributed by atoms with Crippen molar-refractivity contribution in [1.29, 1.82) is 0 Å². The molecule has 0 aliphatic carbocycles. The maximum Gasteiger partial charge on any atom is 0.321 e. The van der Waals surface area contributed by atoms with Gasteiger partial charge in [0.25, 0.3) is 0 Å². The number of hydrogen-bond donors (Lipinski definition) is 4. The summed E-state index contributed by atoms with van der Waals surface area (Å²) in [4.78, 5) is 23.8. The Balaban J connectivity index is 4.85. The number of rotatable bonds is 19. The van der Waals surface area contributed by atoms with Crippen LogP contribution < -0.4 is 10.6 Å². The van der Waals surface area contributed by atoms with E-state index in [1.165, 1.54) is 12.8 Å². The number of nitrogens with one attached hydrogen (secondary N) is 2. The summed E-state index contributed by atoms with van der Waals surface area (Å²) in [5, 5.41) is 26.0. The molecule has 6 heteroatoms. The van der Waals surface area contributed by atoms with Gasteiger partial charge in [-0.15, -0.1) is 0 Å². The predicted octanol–water partition coefficient (Wildman–Crippen LogP) is 5.07. The van der Waals surface area contributed by atoms with Crippen molar-refractivity contribution in [2.75, 3.05) is 13.1 Å². The number of carbonyl (C=O) groups is 2. The standard InChI is InChI=1S/C24H48N2O4/c1-7-9-11-13-17-25-19(21(27)28)23(3,4)15-16-24(5,6)20(22(29)30)26-18-14-12-10-8-2/h19-20,25-26H,7-18H2,1-6H3,(H,27,28)(H,29,30). The lowest BCUT2D eigenvalue weighted by atomic mass is 9.72. The molecule has 0 heterocycles. The molecular weight excluding hydrogens is 380 g/mol. The molecule has 0 aromatic carbocycles. The third kappa shape index (κ3) is 11.3. The van der Waals surface area contributed by atoms with Gasteiger partial charge in [-0.05, 0) is 49.6 Å². The second-order valence-electron chi connectivity index (χ2n) is 10.0. The van der Waals surface area contributed by atoms with Crippen molar-refractivity contribution >= 4 is 11.9 Å². The van der Waals surface area contributed by atoms with Crippen LogP contribution in [-0.4, -0.2) is 47.3 Å². The van der Waals surface area contributed by atoms with Crippen LogP contribution in [0.15, 0.2) is 0 Å². The smallest absolute Gasteiger partial charge is 0.321 e. The molecule has 0 saturated carbocycles. The molecule has 0 aromatic heterocycles. The van der Waals surface area contributed by atoms with Crippen LogP contribution in [0.25, 0.3) is 0 Å². The van der Waals surface area contributed by atoms with E-state index in [0.29, 0.717) is 25.9 Å². The van der Waals surface area contributed by atoms with Crippen LogP contribution in [0.2, 0.25) is 0 Å². The van der Waals surface area contributed by atoms with Gasteiger partial charge in [0.1, 0.15) is 12.1 Å². The molecular formula is C24H48N2O4. The summed E-state index contributed by atoms with van der Waals surface area (Å²) >= 11 is 0. The maximum absolute atomic E-state index is 11.9. The molecule has 2 atom stereocenters. The highest BCUT2D eigenvalue weighted by Crippen LogP contribution is 2.36. The Morgan fingerprint density at radius 1 is 0.667 bits per heavy atom. The Bertz CT molecular complexity index is 448. The summed E-state index contributed by atoms with van der Waals surface area (Å²) in [6.45, 7) is 13.6. The molecule has 0 bridgehead atoms. The van der Waals surface area contributed by atoms with E-state index in [1.807, 2.05) is 27.7 Å².